The minimum atomic E-state index is -0.635. The number of nitrogens with zero attached hydrogens (tertiary/aromatic N) is 1. The van der Waals surface area contributed by atoms with E-state index in [-0.39, 0.29) is 5.92 Å². The molecule has 0 unspecified atom stereocenters. The Morgan fingerprint density at radius 3 is 1.66 bits per heavy atom. The van der Waals surface area contributed by atoms with Crippen LogP contribution in [0.5, 0.6) is 0 Å². The van der Waals surface area contributed by atoms with Crippen LogP contribution in [0.1, 0.15) is 94.9 Å². The van der Waals surface area contributed by atoms with Crippen molar-refractivity contribution < 1.29 is 14.3 Å². The smallest absolute Gasteiger partial charge is 0.306 e. The molecule has 29 heavy (non-hydrogen) atoms. The van der Waals surface area contributed by atoms with E-state index in [0.717, 1.165) is 37.0 Å². The van der Waals surface area contributed by atoms with Crippen LogP contribution in [0.4, 0.5) is 0 Å². The highest BCUT2D eigenvalue weighted by molar-refractivity contribution is 5.69. The summed E-state index contributed by atoms with van der Waals surface area (Å²) in [5, 5.41) is 8.64. The molecule has 1 aromatic carbocycles. The van der Waals surface area contributed by atoms with Crippen molar-refractivity contribution in [3.63, 3.8) is 0 Å². The fourth-order valence-corrected chi connectivity index (χ4v) is 2.05. The minimum Gasteiger partial charge on any atom is -0.481 e. The predicted molar refractivity (Wildman–Crippen MR) is 128 cm³/mol. The lowest BCUT2D eigenvalue weighted by Crippen LogP contribution is -2.12. The maximum Gasteiger partial charge on any atom is 0.306 e. The molecular formula is C25H47NO3. The summed E-state index contributed by atoms with van der Waals surface area (Å²) < 4.78 is 5.11. The molecule has 1 N–H and O–H groups in total. The summed E-state index contributed by atoms with van der Waals surface area (Å²) >= 11 is 0. The van der Waals surface area contributed by atoms with Crippen molar-refractivity contribution in [1.29, 1.82) is 0 Å². The zero-order valence-corrected chi connectivity index (χ0v) is 20.7. The van der Waals surface area contributed by atoms with E-state index < -0.39 is 5.97 Å². The summed E-state index contributed by atoms with van der Waals surface area (Å²) in [7, 11) is 0. The second-order valence-corrected chi connectivity index (χ2v) is 4.84. The molecule has 0 atom stereocenters. The second-order valence-electron chi connectivity index (χ2n) is 4.84. The Labute approximate surface area is 180 Å². The van der Waals surface area contributed by atoms with Gasteiger partial charge in [-0.3, -0.25) is 4.79 Å². The van der Waals surface area contributed by atoms with E-state index in [4.69, 9.17) is 9.52 Å². The van der Waals surface area contributed by atoms with E-state index in [1.807, 2.05) is 99.6 Å². The SMILES string of the molecule is CC.CC.CC.CC.CCCC(CCC)C(=O)O.c1ccc(-c2cnco2)cc1. The number of carbonyl (C=O) groups is 1. The fraction of sp³-hybridized carbons (Fsp3) is 0.600. The van der Waals surface area contributed by atoms with Crippen molar-refractivity contribution >= 4 is 5.97 Å². The Morgan fingerprint density at radius 2 is 1.34 bits per heavy atom. The van der Waals surface area contributed by atoms with E-state index >= 15 is 0 Å². The van der Waals surface area contributed by atoms with Gasteiger partial charge in [-0.15, -0.1) is 0 Å². The number of oxazole rings is 1. The van der Waals surface area contributed by atoms with Gasteiger partial charge < -0.3 is 9.52 Å². The van der Waals surface area contributed by atoms with Crippen LogP contribution < -0.4 is 0 Å². The van der Waals surface area contributed by atoms with E-state index in [0.29, 0.717) is 0 Å². The van der Waals surface area contributed by atoms with E-state index in [1.165, 1.54) is 6.39 Å². The maximum absolute atomic E-state index is 10.5. The highest BCUT2D eigenvalue weighted by atomic mass is 16.4. The van der Waals surface area contributed by atoms with Crippen LogP contribution in [-0.4, -0.2) is 16.1 Å². The van der Waals surface area contributed by atoms with Gasteiger partial charge in [0.05, 0.1) is 12.1 Å². The zero-order chi connectivity index (χ0) is 23.5. The van der Waals surface area contributed by atoms with Crippen LogP contribution in [0.3, 0.4) is 0 Å². The zero-order valence-electron chi connectivity index (χ0n) is 20.7. The molecule has 0 saturated heterocycles. The van der Waals surface area contributed by atoms with Crippen molar-refractivity contribution in [3.05, 3.63) is 42.9 Å². The summed E-state index contributed by atoms with van der Waals surface area (Å²) in [5.74, 6) is 0.0734. The van der Waals surface area contributed by atoms with Crippen molar-refractivity contribution in [2.45, 2.75) is 94.9 Å². The molecule has 0 saturated carbocycles. The van der Waals surface area contributed by atoms with Crippen molar-refractivity contribution in [3.8, 4) is 11.3 Å². The summed E-state index contributed by atoms with van der Waals surface area (Å²) in [4.78, 5) is 14.3. The standard InChI is InChI=1S/C9H7NO.C8H16O2.4C2H6/c1-2-4-8(5-3-1)9-6-10-7-11-9;1-3-5-7(6-4-2)8(9)10;4*1-2/h1-7H;7H,3-6H2,1-2H3,(H,9,10);4*1-2H3. The second kappa shape index (κ2) is 30.6. The number of carboxylic acid groups (broad SMARTS) is 1. The number of hydrogen-bond donors (Lipinski definition) is 1. The molecular weight excluding hydrogens is 362 g/mol. The van der Waals surface area contributed by atoms with Gasteiger partial charge in [-0.1, -0.05) is 112 Å². The average Bonchev–Trinajstić information content (AvgIpc) is 3.35. The molecule has 0 bridgehead atoms. The Bertz CT molecular complexity index is 490. The minimum absolute atomic E-state index is 0.102. The largest absolute Gasteiger partial charge is 0.481 e. The first-order valence-electron chi connectivity index (χ1n) is 11.4. The molecule has 2 rings (SSSR count). The van der Waals surface area contributed by atoms with Gasteiger partial charge in [0.15, 0.2) is 12.2 Å². The van der Waals surface area contributed by atoms with Crippen molar-refractivity contribution in [2.24, 2.45) is 5.92 Å². The molecule has 0 aliphatic rings. The lowest BCUT2D eigenvalue weighted by Gasteiger charge is -2.07. The Balaban J connectivity index is -0.000000161. The molecule has 2 aromatic rings. The molecule has 1 heterocycles. The maximum atomic E-state index is 10.5. The molecule has 0 aliphatic carbocycles. The molecule has 0 aliphatic heterocycles. The number of aliphatic carboxylic acids is 1. The summed E-state index contributed by atoms with van der Waals surface area (Å²) in [6.45, 7) is 20.0. The molecule has 1 aromatic heterocycles. The van der Waals surface area contributed by atoms with Crippen LogP contribution in [0.25, 0.3) is 11.3 Å². The molecule has 0 amide bonds. The molecule has 4 heteroatoms. The molecule has 0 radical (unpaired) electrons. The van der Waals surface area contributed by atoms with Crippen molar-refractivity contribution in [2.75, 3.05) is 0 Å². The third kappa shape index (κ3) is 20.4. The van der Waals surface area contributed by atoms with Gasteiger partial charge in [0.1, 0.15) is 0 Å². The van der Waals surface area contributed by atoms with E-state index in [9.17, 15) is 4.79 Å². The van der Waals surface area contributed by atoms with Gasteiger partial charge in [-0.2, -0.15) is 0 Å². The Hall–Kier alpha value is -2.10. The number of benzene rings is 1. The quantitative estimate of drug-likeness (QED) is 0.518. The van der Waals surface area contributed by atoms with Crippen molar-refractivity contribution in [1.82, 2.24) is 4.98 Å². The highest BCUT2D eigenvalue weighted by Gasteiger charge is 2.13. The Morgan fingerprint density at radius 1 is 0.897 bits per heavy atom. The molecule has 4 nitrogen and oxygen atoms in total. The number of carboxylic acids is 1. The summed E-state index contributed by atoms with van der Waals surface area (Å²) in [6, 6.07) is 9.89. The third-order valence-corrected chi connectivity index (χ3v) is 3.11. The first-order chi connectivity index (χ1) is 14.2. The van der Waals surface area contributed by atoms with Gasteiger partial charge in [0.2, 0.25) is 0 Å². The van der Waals surface area contributed by atoms with Gasteiger partial charge in [-0.25, -0.2) is 4.98 Å². The van der Waals surface area contributed by atoms with Gasteiger partial charge in [0.25, 0.3) is 0 Å². The monoisotopic (exact) mass is 409 g/mol. The molecule has 0 fully saturated rings. The normalized spacial score (nSPS) is 8.10. The van der Waals surface area contributed by atoms with Crippen LogP contribution in [-0.2, 0) is 4.79 Å². The first-order valence-corrected chi connectivity index (χ1v) is 11.4. The topological polar surface area (TPSA) is 63.3 Å². The predicted octanol–water partition coefficient (Wildman–Crippen LogP) is 8.73. The number of aromatic nitrogens is 1. The molecule has 170 valence electrons. The van der Waals surface area contributed by atoms with Crippen LogP contribution >= 0.6 is 0 Å². The van der Waals surface area contributed by atoms with Crippen LogP contribution in [0.15, 0.2) is 47.3 Å². The van der Waals surface area contributed by atoms with E-state index in [1.54, 1.807) is 6.20 Å². The van der Waals surface area contributed by atoms with Gasteiger partial charge >= 0.3 is 5.97 Å². The van der Waals surface area contributed by atoms with Crippen LogP contribution in [0.2, 0.25) is 0 Å². The average molecular weight is 410 g/mol. The van der Waals surface area contributed by atoms with E-state index in [2.05, 4.69) is 4.98 Å². The first kappa shape index (κ1) is 34.4. The summed E-state index contributed by atoms with van der Waals surface area (Å²) in [5.41, 5.74) is 1.06. The Kier molecular flexibility index (Phi) is 36.3. The van der Waals surface area contributed by atoms with Crippen LogP contribution in [0, 0.1) is 5.92 Å². The lowest BCUT2D eigenvalue weighted by molar-refractivity contribution is -0.142. The van der Waals surface area contributed by atoms with Gasteiger partial charge in [-0.05, 0) is 12.8 Å². The number of hydrogen-bond acceptors (Lipinski definition) is 3. The fourth-order valence-electron chi connectivity index (χ4n) is 2.05. The lowest BCUT2D eigenvalue weighted by atomic mass is 9.99. The number of rotatable bonds is 6. The molecule has 0 spiro atoms. The summed E-state index contributed by atoms with van der Waals surface area (Å²) in [6.07, 6.45) is 6.72. The highest BCUT2D eigenvalue weighted by Crippen LogP contribution is 2.16. The van der Waals surface area contributed by atoms with Gasteiger partial charge in [0, 0.05) is 5.56 Å². The third-order valence-electron chi connectivity index (χ3n) is 3.11.